The van der Waals surface area contributed by atoms with E-state index in [4.69, 9.17) is 4.74 Å². The second-order valence-electron chi connectivity index (χ2n) is 9.00. The monoisotopic (exact) mass is 491 g/mol. The number of aromatic nitrogens is 2. The minimum Gasteiger partial charge on any atom is -0.492 e. The van der Waals surface area contributed by atoms with E-state index in [0.29, 0.717) is 38.8 Å². The van der Waals surface area contributed by atoms with Crippen LogP contribution in [0.4, 0.5) is 5.82 Å². The Morgan fingerprint density at radius 1 is 1.06 bits per heavy atom. The van der Waals surface area contributed by atoms with E-state index in [-0.39, 0.29) is 11.8 Å². The summed E-state index contributed by atoms with van der Waals surface area (Å²) in [6, 6.07) is 18.5. The van der Waals surface area contributed by atoms with Gasteiger partial charge in [-0.15, -0.1) is 11.3 Å². The summed E-state index contributed by atoms with van der Waals surface area (Å²) in [4.78, 5) is 29.0. The highest BCUT2D eigenvalue weighted by Gasteiger charge is 2.25. The maximum Gasteiger partial charge on any atom is 0.262 e. The predicted molar refractivity (Wildman–Crippen MR) is 139 cm³/mol. The average molecular weight is 492 g/mol. The lowest BCUT2D eigenvalue weighted by Crippen LogP contribution is -2.40. The second-order valence-corrected chi connectivity index (χ2v) is 10.1. The number of aromatic amines is 1. The molecular formula is C26H29N5O3S. The van der Waals surface area contributed by atoms with Crippen LogP contribution in [0.1, 0.15) is 39.4 Å². The molecule has 182 valence electrons. The van der Waals surface area contributed by atoms with E-state index in [9.17, 15) is 9.59 Å². The van der Waals surface area contributed by atoms with Crippen LogP contribution >= 0.6 is 11.3 Å². The molecule has 4 rings (SSSR count). The highest BCUT2D eigenvalue weighted by atomic mass is 32.1. The van der Waals surface area contributed by atoms with Crippen molar-refractivity contribution in [3.05, 3.63) is 76.7 Å². The zero-order valence-electron chi connectivity index (χ0n) is 20.2. The van der Waals surface area contributed by atoms with Gasteiger partial charge in [0.1, 0.15) is 17.2 Å². The number of rotatable bonds is 9. The third-order valence-corrected chi connectivity index (χ3v) is 6.60. The first-order chi connectivity index (χ1) is 16.7. The summed E-state index contributed by atoms with van der Waals surface area (Å²) < 4.78 is 5.68. The second kappa shape index (κ2) is 10.3. The van der Waals surface area contributed by atoms with Crippen molar-refractivity contribution in [2.75, 3.05) is 32.6 Å². The Hall–Kier alpha value is -3.69. The molecule has 2 aromatic heterocycles. The van der Waals surface area contributed by atoms with E-state index < -0.39 is 5.54 Å². The molecule has 9 heteroatoms. The molecule has 2 amide bonds. The fourth-order valence-electron chi connectivity index (χ4n) is 3.52. The molecular weight excluding hydrogens is 462 g/mol. The van der Waals surface area contributed by atoms with Gasteiger partial charge in [-0.2, -0.15) is 5.10 Å². The van der Waals surface area contributed by atoms with Gasteiger partial charge in [-0.25, -0.2) is 0 Å². The molecule has 0 aliphatic carbocycles. The molecule has 0 atom stereocenters. The number of hydrogen-bond acceptors (Lipinski definition) is 6. The number of nitrogens with zero attached hydrogens (tertiary/aromatic N) is 2. The van der Waals surface area contributed by atoms with Crippen LogP contribution in [0.2, 0.25) is 0 Å². The maximum atomic E-state index is 13.0. The van der Waals surface area contributed by atoms with E-state index in [1.807, 2.05) is 63.2 Å². The van der Waals surface area contributed by atoms with Crippen LogP contribution in [0.25, 0.3) is 10.2 Å². The summed E-state index contributed by atoms with van der Waals surface area (Å²) in [5.41, 5.74) is 0.964. The molecule has 0 saturated carbocycles. The molecule has 0 fully saturated rings. The lowest BCUT2D eigenvalue weighted by molar-refractivity contribution is 0.0915. The molecule has 35 heavy (non-hydrogen) atoms. The molecule has 0 spiro atoms. The molecule has 0 aliphatic rings. The van der Waals surface area contributed by atoms with Gasteiger partial charge in [0, 0.05) is 12.1 Å². The number of likely N-dealkylation sites (N-methyl/N-ethyl adjacent to an activating group) is 1. The first-order valence-electron chi connectivity index (χ1n) is 11.3. The molecule has 0 saturated heterocycles. The van der Waals surface area contributed by atoms with E-state index in [1.165, 1.54) is 11.3 Å². The van der Waals surface area contributed by atoms with Gasteiger partial charge in [0.25, 0.3) is 11.8 Å². The third kappa shape index (κ3) is 5.87. The Morgan fingerprint density at radius 3 is 2.46 bits per heavy atom. The predicted octanol–water partition coefficient (Wildman–Crippen LogP) is 4.48. The van der Waals surface area contributed by atoms with Gasteiger partial charge < -0.3 is 20.3 Å². The summed E-state index contributed by atoms with van der Waals surface area (Å²) in [5, 5.41) is 13.7. The van der Waals surface area contributed by atoms with Gasteiger partial charge in [0.05, 0.1) is 15.8 Å². The van der Waals surface area contributed by atoms with Crippen molar-refractivity contribution in [2.24, 2.45) is 0 Å². The molecule has 8 nitrogen and oxygen atoms in total. The first-order valence-corrected chi connectivity index (χ1v) is 12.1. The lowest BCUT2D eigenvalue weighted by Gasteiger charge is -2.26. The average Bonchev–Trinajstić information content (AvgIpc) is 3.42. The Labute approximate surface area is 208 Å². The lowest BCUT2D eigenvalue weighted by atomic mass is 9.94. The zero-order chi connectivity index (χ0) is 25.0. The minimum atomic E-state index is -0.534. The number of carbonyl (C=O) groups excluding carboxylic acids is 2. The fourth-order valence-corrected chi connectivity index (χ4v) is 4.42. The number of hydrogen-bond donors (Lipinski definition) is 3. The highest BCUT2D eigenvalue weighted by Crippen LogP contribution is 2.30. The Morgan fingerprint density at radius 2 is 1.77 bits per heavy atom. The van der Waals surface area contributed by atoms with Crippen molar-refractivity contribution in [3.8, 4) is 5.75 Å². The fraction of sp³-hybridized carbons (Fsp3) is 0.269. The Bertz CT molecular complexity index is 1310. The maximum absolute atomic E-state index is 13.0. The van der Waals surface area contributed by atoms with Gasteiger partial charge in [0.15, 0.2) is 5.82 Å². The largest absolute Gasteiger partial charge is 0.492 e. The number of H-pyrrole nitrogens is 1. The van der Waals surface area contributed by atoms with Crippen molar-refractivity contribution < 1.29 is 14.3 Å². The van der Waals surface area contributed by atoms with E-state index in [2.05, 4.69) is 20.8 Å². The number of ether oxygens (including phenoxy) is 1. The van der Waals surface area contributed by atoms with Gasteiger partial charge in [-0.3, -0.25) is 14.7 Å². The highest BCUT2D eigenvalue weighted by molar-refractivity contribution is 7.20. The quantitative estimate of drug-likeness (QED) is 0.321. The van der Waals surface area contributed by atoms with Crippen molar-refractivity contribution in [3.63, 3.8) is 0 Å². The summed E-state index contributed by atoms with van der Waals surface area (Å²) in [6.07, 6.45) is 0. The molecule has 0 radical (unpaired) electrons. The van der Waals surface area contributed by atoms with Crippen LogP contribution in [0, 0.1) is 0 Å². The number of nitrogens with one attached hydrogen (secondary N) is 3. The number of thiophene rings is 1. The molecule has 0 aliphatic heterocycles. The van der Waals surface area contributed by atoms with Gasteiger partial charge >= 0.3 is 0 Å². The van der Waals surface area contributed by atoms with Crippen molar-refractivity contribution >= 4 is 39.2 Å². The minimum absolute atomic E-state index is 0.185. The topological polar surface area (TPSA) is 99.3 Å². The number of amides is 2. The summed E-state index contributed by atoms with van der Waals surface area (Å²) in [5.74, 6) is 0.614. The number of anilines is 1. The van der Waals surface area contributed by atoms with E-state index >= 15 is 0 Å². The molecule has 2 aromatic carbocycles. The smallest absolute Gasteiger partial charge is 0.262 e. The SMILES string of the molecule is CN(C)CCOc1ccc(C(=O)Nc2n[nH]c3sc(C(=O)NC(C)(C)c4ccccc4)cc23)cc1. The van der Waals surface area contributed by atoms with Crippen LogP contribution in [-0.2, 0) is 5.54 Å². The van der Waals surface area contributed by atoms with Gasteiger partial charge in [-0.05, 0) is 63.8 Å². The van der Waals surface area contributed by atoms with E-state index in [1.54, 1.807) is 30.3 Å². The van der Waals surface area contributed by atoms with Gasteiger partial charge in [-0.1, -0.05) is 30.3 Å². The van der Waals surface area contributed by atoms with Crippen LogP contribution in [0.5, 0.6) is 5.75 Å². The molecule has 0 unspecified atom stereocenters. The number of fused-ring (bicyclic) bond motifs is 1. The summed E-state index contributed by atoms with van der Waals surface area (Å²) in [7, 11) is 3.97. The van der Waals surface area contributed by atoms with Crippen LogP contribution in [0.3, 0.4) is 0 Å². The number of carbonyl (C=O) groups is 2. The molecule has 3 N–H and O–H groups in total. The molecule has 0 bridgehead atoms. The zero-order valence-corrected chi connectivity index (χ0v) is 21.0. The van der Waals surface area contributed by atoms with Crippen molar-refractivity contribution in [2.45, 2.75) is 19.4 Å². The third-order valence-electron chi connectivity index (χ3n) is 5.56. The van der Waals surface area contributed by atoms with Crippen LogP contribution in [0.15, 0.2) is 60.7 Å². The summed E-state index contributed by atoms with van der Waals surface area (Å²) >= 11 is 1.30. The van der Waals surface area contributed by atoms with Crippen LogP contribution in [-0.4, -0.2) is 54.2 Å². The first kappa shape index (κ1) is 24.4. The Balaban J connectivity index is 1.42. The van der Waals surface area contributed by atoms with Crippen molar-refractivity contribution in [1.82, 2.24) is 20.4 Å². The number of benzene rings is 2. The summed E-state index contributed by atoms with van der Waals surface area (Å²) in [6.45, 7) is 5.30. The van der Waals surface area contributed by atoms with Gasteiger partial charge in [0.2, 0.25) is 0 Å². The van der Waals surface area contributed by atoms with E-state index in [0.717, 1.165) is 12.1 Å². The Kier molecular flexibility index (Phi) is 7.18. The normalized spacial score (nSPS) is 11.6. The molecule has 2 heterocycles. The molecule has 4 aromatic rings. The van der Waals surface area contributed by atoms with Crippen LogP contribution < -0.4 is 15.4 Å². The standard InChI is InChI=1S/C26H29N5O3S/c1-26(2,18-8-6-5-7-9-18)28-24(33)21-16-20-22(29-30-25(20)35-21)27-23(32)17-10-12-19(13-11-17)34-15-14-31(3)4/h5-13,16H,14-15H2,1-4H3,(H,28,33)(H2,27,29,30,32). The van der Waals surface area contributed by atoms with Crippen molar-refractivity contribution in [1.29, 1.82) is 0 Å².